The Morgan fingerprint density at radius 1 is 1.27 bits per heavy atom. The van der Waals surface area contributed by atoms with Crippen LogP contribution in [0.25, 0.3) is 0 Å². The van der Waals surface area contributed by atoms with Crippen molar-refractivity contribution in [3.63, 3.8) is 0 Å². The van der Waals surface area contributed by atoms with Gasteiger partial charge in [-0.15, -0.1) is 0 Å². The van der Waals surface area contributed by atoms with Gasteiger partial charge in [-0.25, -0.2) is 0 Å². The third-order valence-electron chi connectivity index (χ3n) is 2.11. The fourth-order valence-corrected chi connectivity index (χ4v) is 1.30. The summed E-state index contributed by atoms with van der Waals surface area (Å²) in [4.78, 5) is 3.81. The first-order chi connectivity index (χ1) is 6.99. The molecule has 0 saturated carbocycles. The number of aromatic nitrogens is 1. The molecule has 0 bridgehead atoms. The van der Waals surface area contributed by atoms with Gasteiger partial charge in [0.2, 0.25) is 0 Å². The van der Waals surface area contributed by atoms with Crippen LogP contribution in [0.3, 0.4) is 0 Å². The molecule has 0 radical (unpaired) electrons. The zero-order valence-electron chi connectivity index (χ0n) is 8.17. The lowest BCUT2D eigenvalue weighted by atomic mass is 10.0. The summed E-state index contributed by atoms with van der Waals surface area (Å²) in [5.41, 5.74) is 6.56. The molecule has 0 saturated heterocycles. The average molecular weight is 218 g/mol. The van der Waals surface area contributed by atoms with Gasteiger partial charge in [0.1, 0.15) is 0 Å². The molecule has 0 amide bonds. The lowest BCUT2D eigenvalue weighted by Gasteiger charge is -2.12. The largest absolute Gasteiger partial charge is 0.389 e. The minimum Gasteiger partial charge on any atom is -0.324 e. The second kappa shape index (κ2) is 5.11. The van der Waals surface area contributed by atoms with E-state index in [0.29, 0.717) is 6.42 Å². The van der Waals surface area contributed by atoms with Crippen LogP contribution in [-0.4, -0.2) is 11.2 Å². The number of hydrogen-bond acceptors (Lipinski definition) is 2. The maximum atomic E-state index is 11.9. The molecule has 1 atom stereocenters. The minimum atomic E-state index is -4.09. The molecule has 2 N–H and O–H groups in total. The molecule has 0 aliphatic heterocycles. The molecule has 1 aromatic heterocycles. The molecular formula is C10H13F3N2. The van der Waals surface area contributed by atoms with Crippen LogP contribution < -0.4 is 5.73 Å². The Hall–Kier alpha value is -1.10. The van der Waals surface area contributed by atoms with Crippen molar-refractivity contribution in [3.8, 4) is 0 Å². The molecule has 0 fully saturated rings. The highest BCUT2D eigenvalue weighted by Crippen LogP contribution is 2.24. The van der Waals surface area contributed by atoms with Crippen molar-refractivity contribution in [1.29, 1.82) is 0 Å². The Balaban J connectivity index is 2.34. The summed E-state index contributed by atoms with van der Waals surface area (Å²) in [7, 11) is 0. The van der Waals surface area contributed by atoms with Crippen molar-refractivity contribution in [2.75, 3.05) is 0 Å². The second-order valence-corrected chi connectivity index (χ2v) is 3.39. The van der Waals surface area contributed by atoms with Crippen LogP contribution in [-0.2, 0) is 0 Å². The Morgan fingerprint density at radius 2 is 1.87 bits per heavy atom. The quantitative estimate of drug-likeness (QED) is 0.843. The molecule has 0 spiro atoms. The molecular weight excluding hydrogens is 205 g/mol. The van der Waals surface area contributed by atoms with E-state index in [1.807, 2.05) is 0 Å². The van der Waals surface area contributed by atoms with Crippen molar-refractivity contribution in [2.45, 2.75) is 31.5 Å². The number of halogens is 3. The van der Waals surface area contributed by atoms with Gasteiger partial charge in [-0.1, -0.05) is 0 Å². The van der Waals surface area contributed by atoms with E-state index in [1.54, 1.807) is 24.5 Å². The molecule has 15 heavy (non-hydrogen) atoms. The van der Waals surface area contributed by atoms with Gasteiger partial charge >= 0.3 is 6.18 Å². The molecule has 5 heteroatoms. The van der Waals surface area contributed by atoms with Crippen LogP contribution in [0.4, 0.5) is 13.2 Å². The van der Waals surface area contributed by atoms with Crippen LogP contribution in [0.2, 0.25) is 0 Å². The van der Waals surface area contributed by atoms with Crippen molar-refractivity contribution in [3.05, 3.63) is 30.1 Å². The number of rotatable bonds is 4. The average Bonchev–Trinajstić information content (AvgIpc) is 2.17. The van der Waals surface area contributed by atoms with Gasteiger partial charge < -0.3 is 5.73 Å². The van der Waals surface area contributed by atoms with E-state index in [9.17, 15) is 13.2 Å². The number of nitrogens with two attached hydrogens (primary N) is 1. The van der Waals surface area contributed by atoms with Crippen molar-refractivity contribution >= 4 is 0 Å². The first-order valence-corrected chi connectivity index (χ1v) is 4.71. The van der Waals surface area contributed by atoms with E-state index in [0.717, 1.165) is 5.56 Å². The monoisotopic (exact) mass is 218 g/mol. The zero-order valence-corrected chi connectivity index (χ0v) is 8.17. The SMILES string of the molecule is NC(CCCC(F)(F)F)c1ccncc1. The van der Waals surface area contributed by atoms with Crippen molar-refractivity contribution in [1.82, 2.24) is 4.98 Å². The lowest BCUT2D eigenvalue weighted by molar-refractivity contribution is -0.135. The van der Waals surface area contributed by atoms with Crippen LogP contribution in [0.1, 0.15) is 30.9 Å². The zero-order chi connectivity index (χ0) is 11.3. The topological polar surface area (TPSA) is 38.9 Å². The first kappa shape index (κ1) is 12.0. The smallest absolute Gasteiger partial charge is 0.324 e. The highest BCUT2D eigenvalue weighted by Gasteiger charge is 2.26. The fourth-order valence-electron chi connectivity index (χ4n) is 1.30. The van der Waals surface area contributed by atoms with Crippen LogP contribution in [0.15, 0.2) is 24.5 Å². The number of pyridine rings is 1. The van der Waals surface area contributed by atoms with Gasteiger partial charge in [-0.3, -0.25) is 4.98 Å². The highest BCUT2D eigenvalue weighted by atomic mass is 19.4. The van der Waals surface area contributed by atoms with Crippen molar-refractivity contribution in [2.24, 2.45) is 5.73 Å². The number of hydrogen-bond donors (Lipinski definition) is 1. The predicted octanol–water partition coefficient (Wildman–Crippen LogP) is 2.81. The molecule has 0 aliphatic carbocycles. The van der Waals surface area contributed by atoms with Gasteiger partial charge in [-0.2, -0.15) is 13.2 Å². The Bertz CT molecular complexity index is 284. The summed E-state index contributed by atoms with van der Waals surface area (Å²) in [6.45, 7) is 0. The number of nitrogens with zero attached hydrogens (tertiary/aromatic N) is 1. The minimum absolute atomic E-state index is 0.0625. The molecule has 84 valence electrons. The number of alkyl halides is 3. The summed E-state index contributed by atoms with van der Waals surface area (Å²) >= 11 is 0. The Labute approximate surface area is 86.3 Å². The van der Waals surface area contributed by atoms with Gasteiger partial charge in [-0.05, 0) is 30.5 Å². The molecule has 0 aliphatic rings. The normalized spacial score (nSPS) is 13.9. The lowest BCUT2D eigenvalue weighted by Crippen LogP contribution is -2.13. The molecule has 0 aromatic carbocycles. The van der Waals surface area contributed by atoms with E-state index >= 15 is 0 Å². The third-order valence-corrected chi connectivity index (χ3v) is 2.11. The van der Waals surface area contributed by atoms with Crippen molar-refractivity contribution < 1.29 is 13.2 Å². The summed E-state index contributed by atoms with van der Waals surface area (Å²) in [5.74, 6) is 0. The van der Waals surface area contributed by atoms with Crippen LogP contribution in [0.5, 0.6) is 0 Å². The first-order valence-electron chi connectivity index (χ1n) is 4.71. The summed E-state index contributed by atoms with van der Waals surface area (Å²) < 4.78 is 35.6. The predicted molar refractivity (Wildman–Crippen MR) is 51.1 cm³/mol. The van der Waals surface area contributed by atoms with Crippen LogP contribution >= 0.6 is 0 Å². The molecule has 1 rings (SSSR count). The van der Waals surface area contributed by atoms with Gasteiger partial charge in [0.05, 0.1) is 0 Å². The molecule has 2 nitrogen and oxygen atoms in total. The molecule has 1 aromatic rings. The van der Waals surface area contributed by atoms with E-state index < -0.39 is 12.6 Å². The standard InChI is InChI=1S/C10H13F3N2/c11-10(12,13)5-1-2-9(14)8-3-6-15-7-4-8/h3-4,6-7,9H,1-2,5,14H2. The third kappa shape index (κ3) is 4.78. The fraction of sp³-hybridized carbons (Fsp3) is 0.500. The van der Waals surface area contributed by atoms with Gasteiger partial charge in [0.15, 0.2) is 0 Å². The summed E-state index contributed by atoms with van der Waals surface area (Å²) in [5, 5.41) is 0. The molecule has 1 unspecified atom stereocenters. The van der Waals surface area contributed by atoms with E-state index in [1.165, 1.54) is 0 Å². The van der Waals surface area contributed by atoms with Gasteiger partial charge in [0.25, 0.3) is 0 Å². The van der Waals surface area contributed by atoms with E-state index in [2.05, 4.69) is 4.98 Å². The summed E-state index contributed by atoms with van der Waals surface area (Å²) in [6, 6.07) is 3.10. The Morgan fingerprint density at radius 3 is 2.40 bits per heavy atom. The maximum absolute atomic E-state index is 11.9. The summed E-state index contributed by atoms with van der Waals surface area (Å²) in [6.07, 6.45) is -1.29. The Kier molecular flexibility index (Phi) is 4.08. The molecule has 1 heterocycles. The van der Waals surface area contributed by atoms with Gasteiger partial charge in [0, 0.05) is 24.9 Å². The van der Waals surface area contributed by atoms with E-state index in [4.69, 9.17) is 5.73 Å². The second-order valence-electron chi connectivity index (χ2n) is 3.39. The maximum Gasteiger partial charge on any atom is 0.389 e. The van der Waals surface area contributed by atoms with Crippen LogP contribution in [0, 0.1) is 0 Å². The highest BCUT2D eigenvalue weighted by molar-refractivity contribution is 5.13. The van der Waals surface area contributed by atoms with E-state index in [-0.39, 0.29) is 12.5 Å².